The van der Waals surface area contributed by atoms with Gasteiger partial charge in [-0.2, -0.15) is 0 Å². The first-order valence-corrected chi connectivity index (χ1v) is 7.60. The van der Waals surface area contributed by atoms with Crippen molar-refractivity contribution in [2.45, 2.75) is 76.6 Å². The lowest BCUT2D eigenvalue weighted by atomic mass is 9.81. The molecule has 106 valence electrons. The first-order valence-electron chi connectivity index (χ1n) is 7.60. The van der Waals surface area contributed by atoms with Gasteiger partial charge in [-0.25, -0.2) is 0 Å². The lowest BCUT2D eigenvalue weighted by Crippen LogP contribution is -2.59. The van der Waals surface area contributed by atoms with Gasteiger partial charge in [0.15, 0.2) is 0 Å². The molecule has 2 bridgehead atoms. The minimum absolute atomic E-state index is 0.0150. The summed E-state index contributed by atoms with van der Waals surface area (Å²) in [5.74, 6) is 0. The van der Waals surface area contributed by atoms with Crippen molar-refractivity contribution in [3.63, 3.8) is 0 Å². The molecule has 2 aliphatic heterocycles. The molecule has 0 aromatic rings. The van der Waals surface area contributed by atoms with Crippen LogP contribution in [0.15, 0.2) is 0 Å². The van der Waals surface area contributed by atoms with E-state index in [4.69, 9.17) is 4.74 Å². The van der Waals surface area contributed by atoms with Gasteiger partial charge in [0, 0.05) is 31.8 Å². The first-order chi connectivity index (χ1) is 8.55. The molecule has 0 saturated carbocycles. The van der Waals surface area contributed by atoms with Gasteiger partial charge in [0.05, 0.1) is 5.60 Å². The second-order valence-electron chi connectivity index (χ2n) is 6.60. The first kappa shape index (κ1) is 14.3. The van der Waals surface area contributed by atoms with Crippen LogP contribution in [0.25, 0.3) is 0 Å². The monoisotopic (exact) mass is 254 g/mol. The largest absolute Gasteiger partial charge is 0.377 e. The number of nitrogens with zero attached hydrogens (tertiary/aromatic N) is 1. The number of hydrogen-bond acceptors (Lipinski definition) is 3. The Hall–Kier alpha value is -0.120. The van der Waals surface area contributed by atoms with Gasteiger partial charge in [0.1, 0.15) is 0 Å². The van der Waals surface area contributed by atoms with Crippen molar-refractivity contribution in [3.05, 3.63) is 0 Å². The maximum atomic E-state index is 5.62. The van der Waals surface area contributed by atoms with Crippen LogP contribution < -0.4 is 5.32 Å². The highest BCUT2D eigenvalue weighted by Crippen LogP contribution is 2.35. The lowest BCUT2D eigenvalue weighted by molar-refractivity contribution is -0.0601. The molecule has 2 saturated heterocycles. The third-order valence-electron chi connectivity index (χ3n) is 4.73. The van der Waals surface area contributed by atoms with E-state index in [1.807, 2.05) is 7.11 Å². The number of hydrogen-bond donors (Lipinski definition) is 1. The maximum absolute atomic E-state index is 5.62. The highest BCUT2D eigenvalue weighted by molar-refractivity contribution is 4.96. The van der Waals surface area contributed by atoms with Crippen molar-refractivity contribution < 1.29 is 4.74 Å². The van der Waals surface area contributed by atoms with E-state index in [0.29, 0.717) is 0 Å². The van der Waals surface area contributed by atoms with Gasteiger partial charge in [0.25, 0.3) is 0 Å². The fourth-order valence-corrected chi connectivity index (χ4v) is 3.70. The van der Waals surface area contributed by atoms with E-state index in [0.717, 1.165) is 31.2 Å². The summed E-state index contributed by atoms with van der Waals surface area (Å²) in [5.41, 5.74) is -0.0150. The Labute approximate surface area is 112 Å². The third kappa shape index (κ3) is 3.25. The molecule has 2 rings (SSSR count). The quantitative estimate of drug-likeness (QED) is 0.815. The molecule has 2 atom stereocenters. The van der Waals surface area contributed by atoms with Gasteiger partial charge in [-0.3, -0.25) is 4.90 Å². The molecule has 0 radical (unpaired) electrons. The fraction of sp³-hybridized carbons (Fsp3) is 1.00. The zero-order valence-corrected chi connectivity index (χ0v) is 12.5. The summed E-state index contributed by atoms with van der Waals surface area (Å²) in [6, 6.07) is 2.29. The third-order valence-corrected chi connectivity index (χ3v) is 4.73. The highest BCUT2D eigenvalue weighted by atomic mass is 16.5. The van der Waals surface area contributed by atoms with Crippen LogP contribution in [0.2, 0.25) is 0 Å². The topological polar surface area (TPSA) is 24.5 Å². The van der Waals surface area contributed by atoms with Gasteiger partial charge in [-0.1, -0.05) is 13.3 Å². The van der Waals surface area contributed by atoms with E-state index in [1.165, 1.54) is 32.1 Å². The van der Waals surface area contributed by atoms with Gasteiger partial charge in [-0.05, 0) is 46.1 Å². The van der Waals surface area contributed by atoms with Crippen LogP contribution in [0, 0.1) is 0 Å². The van der Waals surface area contributed by atoms with Crippen molar-refractivity contribution in [1.82, 2.24) is 10.2 Å². The molecule has 2 aliphatic rings. The smallest absolute Gasteiger partial charge is 0.0749 e. The second-order valence-corrected chi connectivity index (χ2v) is 6.60. The van der Waals surface area contributed by atoms with Crippen LogP contribution in [0.1, 0.15) is 52.9 Å². The van der Waals surface area contributed by atoms with E-state index in [1.54, 1.807) is 0 Å². The van der Waals surface area contributed by atoms with Crippen LogP contribution in [0.5, 0.6) is 0 Å². The summed E-state index contributed by atoms with van der Waals surface area (Å²) in [7, 11) is 1.83. The zero-order valence-electron chi connectivity index (χ0n) is 12.5. The number of piperidine rings is 2. The Bertz CT molecular complexity index is 253. The predicted octanol–water partition coefficient (Wildman–Crippen LogP) is 2.41. The number of rotatable bonds is 5. The molecule has 1 N–H and O–H groups in total. The SMILES string of the molecule is CCNC1CC2CCCC(C1)N2CC(C)(C)OC. The molecular weight excluding hydrogens is 224 g/mol. The summed E-state index contributed by atoms with van der Waals surface area (Å²) >= 11 is 0. The van der Waals surface area contributed by atoms with Gasteiger partial charge in [-0.15, -0.1) is 0 Å². The number of ether oxygens (including phenoxy) is 1. The number of nitrogens with one attached hydrogen (secondary N) is 1. The maximum Gasteiger partial charge on any atom is 0.0749 e. The summed E-state index contributed by atoms with van der Waals surface area (Å²) in [4.78, 5) is 2.74. The Morgan fingerprint density at radius 3 is 2.33 bits per heavy atom. The molecule has 0 amide bonds. The van der Waals surface area contributed by atoms with E-state index in [9.17, 15) is 0 Å². The van der Waals surface area contributed by atoms with Crippen LogP contribution in [0.3, 0.4) is 0 Å². The van der Waals surface area contributed by atoms with Gasteiger partial charge in [0.2, 0.25) is 0 Å². The minimum atomic E-state index is -0.0150. The van der Waals surface area contributed by atoms with Crippen LogP contribution >= 0.6 is 0 Å². The summed E-state index contributed by atoms with van der Waals surface area (Å²) in [6.07, 6.45) is 6.81. The Kier molecular flexibility index (Phi) is 4.68. The van der Waals surface area contributed by atoms with Gasteiger partial charge >= 0.3 is 0 Å². The highest BCUT2D eigenvalue weighted by Gasteiger charge is 2.40. The van der Waals surface area contributed by atoms with Crippen molar-refractivity contribution in [3.8, 4) is 0 Å². The van der Waals surface area contributed by atoms with Crippen molar-refractivity contribution in [2.24, 2.45) is 0 Å². The molecule has 0 aromatic carbocycles. The van der Waals surface area contributed by atoms with E-state index < -0.39 is 0 Å². The zero-order chi connectivity index (χ0) is 13.2. The lowest BCUT2D eigenvalue weighted by Gasteiger charge is -2.51. The number of fused-ring (bicyclic) bond motifs is 2. The second kappa shape index (κ2) is 5.89. The molecule has 0 aromatic heterocycles. The minimum Gasteiger partial charge on any atom is -0.377 e. The Morgan fingerprint density at radius 2 is 1.83 bits per heavy atom. The Morgan fingerprint density at radius 1 is 1.22 bits per heavy atom. The van der Waals surface area contributed by atoms with Crippen molar-refractivity contribution in [2.75, 3.05) is 20.2 Å². The fourth-order valence-electron chi connectivity index (χ4n) is 3.70. The van der Waals surface area contributed by atoms with E-state index in [2.05, 4.69) is 31.0 Å². The van der Waals surface area contributed by atoms with Gasteiger partial charge < -0.3 is 10.1 Å². The van der Waals surface area contributed by atoms with Crippen LogP contribution in [-0.2, 0) is 4.74 Å². The normalized spacial score (nSPS) is 33.7. The van der Waals surface area contributed by atoms with Crippen molar-refractivity contribution in [1.29, 1.82) is 0 Å². The average molecular weight is 254 g/mol. The molecule has 3 heteroatoms. The van der Waals surface area contributed by atoms with Crippen LogP contribution in [0.4, 0.5) is 0 Å². The molecule has 2 fully saturated rings. The molecule has 2 heterocycles. The van der Waals surface area contributed by atoms with Crippen LogP contribution in [-0.4, -0.2) is 48.8 Å². The average Bonchev–Trinajstić information content (AvgIpc) is 2.30. The molecule has 0 spiro atoms. The summed E-state index contributed by atoms with van der Waals surface area (Å²) in [5, 5.41) is 3.65. The molecule has 3 nitrogen and oxygen atoms in total. The molecule has 0 aliphatic carbocycles. The van der Waals surface area contributed by atoms with E-state index in [-0.39, 0.29) is 5.60 Å². The predicted molar refractivity (Wildman–Crippen MR) is 75.9 cm³/mol. The number of methoxy groups -OCH3 is 1. The molecule has 18 heavy (non-hydrogen) atoms. The molecule has 2 unspecified atom stereocenters. The van der Waals surface area contributed by atoms with E-state index >= 15 is 0 Å². The summed E-state index contributed by atoms with van der Waals surface area (Å²) in [6.45, 7) is 8.82. The summed E-state index contributed by atoms with van der Waals surface area (Å²) < 4.78 is 5.62. The van der Waals surface area contributed by atoms with Crippen molar-refractivity contribution >= 4 is 0 Å². The molecular formula is C15H30N2O. The Balaban J connectivity index is 2.00. The standard InChI is InChI=1S/C15H30N2O/c1-5-16-12-9-13-7-6-8-14(10-12)17(13)11-15(2,3)18-4/h12-14,16H,5-11H2,1-4H3.